The van der Waals surface area contributed by atoms with E-state index in [0.717, 1.165) is 0 Å². The first-order valence-corrected chi connectivity index (χ1v) is 6.01. The van der Waals surface area contributed by atoms with Gasteiger partial charge in [-0.3, -0.25) is 0 Å². The summed E-state index contributed by atoms with van der Waals surface area (Å²) in [6, 6.07) is 7.23. The fourth-order valence-electron chi connectivity index (χ4n) is 1.89. The first kappa shape index (κ1) is 12.9. The van der Waals surface area contributed by atoms with Crippen LogP contribution in [0.3, 0.4) is 0 Å². The summed E-state index contributed by atoms with van der Waals surface area (Å²) in [5.41, 5.74) is 0.490. The molecule has 3 rings (SSSR count). The van der Waals surface area contributed by atoms with Crippen molar-refractivity contribution in [2.45, 2.75) is 0 Å². The van der Waals surface area contributed by atoms with Crippen LogP contribution in [0, 0.1) is 5.82 Å². The Bertz CT molecular complexity index is 802. The van der Waals surface area contributed by atoms with Gasteiger partial charge in [-0.25, -0.2) is 23.8 Å². The molecule has 0 bridgehead atoms. The highest BCUT2D eigenvalue weighted by Crippen LogP contribution is 2.23. The molecule has 0 spiro atoms. The number of carbonyl (C=O) groups is 1. The zero-order chi connectivity index (χ0) is 14.8. The van der Waals surface area contributed by atoms with Gasteiger partial charge in [0.05, 0.1) is 0 Å². The minimum atomic E-state index is -1.16. The summed E-state index contributed by atoms with van der Waals surface area (Å²) >= 11 is 0. The number of nitrogens with zero attached hydrogens (tertiary/aromatic N) is 4. The molecule has 3 aromatic rings. The Morgan fingerprint density at radius 1 is 1.19 bits per heavy atom. The Labute approximate surface area is 118 Å². The van der Waals surface area contributed by atoms with E-state index in [1.54, 1.807) is 12.1 Å². The van der Waals surface area contributed by atoms with E-state index in [9.17, 15) is 14.3 Å². The maximum atomic E-state index is 13.3. The Kier molecular flexibility index (Phi) is 3.15. The Hall–Kier alpha value is -3.09. The highest BCUT2D eigenvalue weighted by Gasteiger charge is 2.18. The van der Waals surface area contributed by atoms with E-state index < -0.39 is 11.8 Å². The van der Waals surface area contributed by atoms with Crippen molar-refractivity contribution >= 4 is 5.97 Å². The van der Waals surface area contributed by atoms with Gasteiger partial charge >= 0.3 is 5.97 Å². The second-order valence-corrected chi connectivity index (χ2v) is 4.20. The predicted molar refractivity (Wildman–Crippen MR) is 71.5 cm³/mol. The Morgan fingerprint density at radius 2 is 1.95 bits per heavy atom. The Morgan fingerprint density at radius 3 is 2.62 bits per heavy atom. The van der Waals surface area contributed by atoms with Gasteiger partial charge in [0, 0.05) is 24.2 Å². The zero-order valence-corrected chi connectivity index (χ0v) is 10.6. The van der Waals surface area contributed by atoms with E-state index in [4.69, 9.17) is 0 Å². The van der Waals surface area contributed by atoms with Gasteiger partial charge in [0.25, 0.3) is 0 Å². The molecule has 0 amide bonds. The third kappa shape index (κ3) is 2.48. The monoisotopic (exact) mass is 284 g/mol. The molecule has 2 heterocycles. The number of carboxylic acid groups (broad SMARTS) is 1. The quantitative estimate of drug-likeness (QED) is 0.797. The molecule has 0 aliphatic rings. The topological polar surface area (TPSA) is 80.9 Å². The van der Waals surface area contributed by atoms with E-state index in [2.05, 4.69) is 15.1 Å². The molecule has 0 saturated heterocycles. The van der Waals surface area contributed by atoms with Crippen LogP contribution in [-0.2, 0) is 0 Å². The van der Waals surface area contributed by atoms with Gasteiger partial charge in [0.15, 0.2) is 0 Å². The van der Waals surface area contributed by atoms with Crippen molar-refractivity contribution in [3.8, 4) is 17.2 Å². The van der Waals surface area contributed by atoms with Gasteiger partial charge in [0.1, 0.15) is 17.1 Å². The molecule has 0 saturated carbocycles. The van der Waals surface area contributed by atoms with Crippen LogP contribution >= 0.6 is 0 Å². The van der Waals surface area contributed by atoms with Crippen molar-refractivity contribution in [2.75, 3.05) is 0 Å². The first-order valence-electron chi connectivity index (χ1n) is 6.01. The fraction of sp³-hybridized carbons (Fsp3) is 0. The number of hydrogen-bond donors (Lipinski definition) is 1. The number of carboxylic acids is 1. The second kappa shape index (κ2) is 5.12. The smallest absolute Gasteiger partial charge is 0.339 e. The molecule has 1 aromatic carbocycles. The molecule has 2 aromatic heterocycles. The predicted octanol–water partition coefficient (Wildman–Crippen LogP) is 2.17. The number of aromatic carboxylic acids is 1. The molecule has 7 heteroatoms. The standard InChI is InChI=1S/C14H9FN4O2/c15-10-4-1-3-9(7-10)12-11(13(20)21)8-19(18-12)14-16-5-2-6-17-14/h1-8H,(H,20,21). The molecule has 0 aliphatic carbocycles. The van der Waals surface area contributed by atoms with E-state index in [1.807, 2.05) is 0 Å². The van der Waals surface area contributed by atoms with Crippen molar-refractivity contribution < 1.29 is 14.3 Å². The number of aromatic nitrogens is 4. The molecule has 21 heavy (non-hydrogen) atoms. The van der Waals surface area contributed by atoms with Crippen LogP contribution < -0.4 is 0 Å². The summed E-state index contributed by atoms with van der Waals surface area (Å²) < 4.78 is 14.6. The van der Waals surface area contributed by atoms with E-state index in [0.29, 0.717) is 5.56 Å². The van der Waals surface area contributed by atoms with Gasteiger partial charge in [0.2, 0.25) is 5.95 Å². The second-order valence-electron chi connectivity index (χ2n) is 4.20. The molecule has 6 nitrogen and oxygen atoms in total. The molecule has 0 atom stereocenters. The van der Waals surface area contributed by atoms with Gasteiger partial charge in [-0.15, -0.1) is 0 Å². The lowest BCUT2D eigenvalue weighted by atomic mass is 10.1. The number of halogens is 1. The number of benzene rings is 1. The lowest BCUT2D eigenvalue weighted by Gasteiger charge is -1.99. The number of rotatable bonds is 3. The minimum Gasteiger partial charge on any atom is -0.478 e. The van der Waals surface area contributed by atoms with Gasteiger partial charge in [-0.1, -0.05) is 12.1 Å². The normalized spacial score (nSPS) is 10.5. The summed E-state index contributed by atoms with van der Waals surface area (Å²) in [5.74, 6) is -1.38. The third-order valence-electron chi connectivity index (χ3n) is 2.80. The van der Waals surface area contributed by atoms with Crippen LogP contribution in [0.2, 0.25) is 0 Å². The van der Waals surface area contributed by atoms with Crippen LogP contribution in [0.1, 0.15) is 10.4 Å². The molecule has 104 valence electrons. The molecule has 0 fully saturated rings. The van der Waals surface area contributed by atoms with Crippen molar-refractivity contribution in [3.63, 3.8) is 0 Å². The van der Waals surface area contributed by atoms with Gasteiger partial charge in [-0.05, 0) is 18.2 Å². The zero-order valence-electron chi connectivity index (χ0n) is 10.6. The average molecular weight is 284 g/mol. The molecule has 0 radical (unpaired) electrons. The lowest BCUT2D eigenvalue weighted by Crippen LogP contribution is -2.00. The summed E-state index contributed by atoms with van der Waals surface area (Å²) in [4.78, 5) is 19.3. The summed E-state index contributed by atoms with van der Waals surface area (Å²) in [6.45, 7) is 0. The van der Waals surface area contributed by atoms with Crippen LogP contribution in [0.25, 0.3) is 17.2 Å². The van der Waals surface area contributed by atoms with E-state index >= 15 is 0 Å². The van der Waals surface area contributed by atoms with Crippen molar-refractivity contribution in [3.05, 3.63) is 60.3 Å². The lowest BCUT2D eigenvalue weighted by molar-refractivity contribution is 0.0697. The molecule has 1 N–H and O–H groups in total. The molecule has 0 aliphatic heterocycles. The fourth-order valence-corrected chi connectivity index (χ4v) is 1.89. The van der Waals surface area contributed by atoms with Crippen molar-refractivity contribution in [2.24, 2.45) is 0 Å². The van der Waals surface area contributed by atoms with Crippen LogP contribution in [0.5, 0.6) is 0 Å². The average Bonchev–Trinajstić information content (AvgIpc) is 2.93. The van der Waals surface area contributed by atoms with E-state index in [-0.39, 0.29) is 17.2 Å². The largest absolute Gasteiger partial charge is 0.478 e. The highest BCUT2D eigenvalue weighted by atomic mass is 19.1. The van der Waals surface area contributed by atoms with Crippen molar-refractivity contribution in [1.29, 1.82) is 0 Å². The summed E-state index contributed by atoms with van der Waals surface area (Å²) in [7, 11) is 0. The maximum absolute atomic E-state index is 13.3. The maximum Gasteiger partial charge on any atom is 0.339 e. The van der Waals surface area contributed by atoms with Crippen LogP contribution in [-0.4, -0.2) is 30.8 Å². The third-order valence-corrected chi connectivity index (χ3v) is 2.80. The highest BCUT2D eigenvalue weighted by molar-refractivity contribution is 5.94. The Balaban J connectivity index is 2.16. The SMILES string of the molecule is O=C(O)c1cn(-c2ncccn2)nc1-c1cccc(F)c1. The van der Waals surface area contributed by atoms with Crippen molar-refractivity contribution in [1.82, 2.24) is 19.7 Å². The molecular formula is C14H9FN4O2. The summed E-state index contributed by atoms with van der Waals surface area (Å²) in [6.07, 6.45) is 4.34. The first-order chi connectivity index (χ1) is 10.1. The van der Waals surface area contributed by atoms with Gasteiger partial charge in [-0.2, -0.15) is 5.10 Å². The number of hydrogen-bond acceptors (Lipinski definition) is 4. The summed E-state index contributed by atoms with van der Waals surface area (Å²) in [5, 5.41) is 13.4. The van der Waals surface area contributed by atoms with Crippen LogP contribution in [0.4, 0.5) is 4.39 Å². The van der Waals surface area contributed by atoms with Crippen LogP contribution in [0.15, 0.2) is 48.9 Å². The molecular weight excluding hydrogens is 275 g/mol. The van der Waals surface area contributed by atoms with Gasteiger partial charge < -0.3 is 5.11 Å². The molecule has 0 unspecified atom stereocenters. The van der Waals surface area contributed by atoms with E-state index in [1.165, 1.54) is 41.5 Å². The minimum absolute atomic E-state index is 0.0481.